The van der Waals surface area contributed by atoms with Gasteiger partial charge in [0.2, 0.25) is 5.91 Å². The number of halogens is 1. The van der Waals surface area contributed by atoms with E-state index in [1.807, 2.05) is 30.3 Å². The number of carbonyl (C=O) groups excluding carboxylic acids is 2. The summed E-state index contributed by atoms with van der Waals surface area (Å²) in [5.41, 5.74) is 0.588. The molecule has 2 amide bonds. The van der Waals surface area contributed by atoms with Crippen molar-refractivity contribution in [1.82, 2.24) is 15.6 Å². The first-order valence-corrected chi connectivity index (χ1v) is 11.2. The third-order valence-corrected chi connectivity index (χ3v) is 6.15. The van der Waals surface area contributed by atoms with Gasteiger partial charge in [-0.3, -0.25) is 9.59 Å². The van der Waals surface area contributed by atoms with Crippen LogP contribution < -0.4 is 10.6 Å². The minimum atomic E-state index is -0.175. The van der Waals surface area contributed by atoms with Crippen molar-refractivity contribution in [3.8, 4) is 0 Å². The Morgan fingerprint density at radius 3 is 2.64 bits per heavy atom. The fraction of sp³-hybridized carbons (Fsp3) is 0.381. The highest BCUT2D eigenvalue weighted by atomic mass is 79.9. The Bertz CT molecular complexity index is 808. The van der Waals surface area contributed by atoms with E-state index in [2.05, 4.69) is 31.5 Å². The molecule has 0 bridgehead atoms. The average molecular weight is 462 g/mol. The smallest absolute Gasteiger partial charge is 0.252 e. The van der Waals surface area contributed by atoms with Crippen LogP contribution in [0.25, 0.3) is 0 Å². The van der Waals surface area contributed by atoms with Crippen LogP contribution in [0, 0.1) is 0 Å². The number of hydrogen-bond acceptors (Lipinski definition) is 4. The van der Waals surface area contributed by atoms with Crippen molar-refractivity contribution in [3.63, 3.8) is 0 Å². The summed E-state index contributed by atoms with van der Waals surface area (Å²) in [7, 11) is 0. The van der Waals surface area contributed by atoms with Crippen molar-refractivity contribution in [3.05, 3.63) is 52.6 Å². The van der Waals surface area contributed by atoms with Gasteiger partial charge in [0.05, 0.1) is 5.56 Å². The Morgan fingerprint density at radius 1 is 1.11 bits per heavy atom. The zero-order valence-corrected chi connectivity index (χ0v) is 18.0. The van der Waals surface area contributed by atoms with Crippen LogP contribution in [-0.4, -0.2) is 29.4 Å². The van der Waals surface area contributed by atoms with Crippen LogP contribution in [0.2, 0.25) is 0 Å². The summed E-state index contributed by atoms with van der Waals surface area (Å²) in [5.74, 6) is -0.167. The molecule has 0 aliphatic heterocycles. The topological polar surface area (TPSA) is 71.1 Å². The molecule has 28 heavy (non-hydrogen) atoms. The number of nitrogens with one attached hydrogen (secondary N) is 2. The summed E-state index contributed by atoms with van der Waals surface area (Å²) < 4.78 is 0.911. The van der Waals surface area contributed by atoms with Crippen molar-refractivity contribution in [2.75, 3.05) is 6.54 Å². The molecular formula is C21H24BrN3O2S. The second kappa shape index (κ2) is 10.6. The second-order valence-electron chi connectivity index (χ2n) is 6.82. The Kier molecular flexibility index (Phi) is 7.91. The van der Waals surface area contributed by atoms with E-state index in [9.17, 15) is 9.59 Å². The molecule has 1 aromatic heterocycles. The fourth-order valence-electron chi connectivity index (χ4n) is 3.21. The van der Waals surface area contributed by atoms with Crippen molar-refractivity contribution in [2.24, 2.45) is 0 Å². The molecule has 0 saturated heterocycles. The third-order valence-electron chi connectivity index (χ3n) is 4.65. The van der Waals surface area contributed by atoms with E-state index < -0.39 is 0 Å². The van der Waals surface area contributed by atoms with E-state index in [4.69, 9.17) is 0 Å². The number of carbonyl (C=O) groups is 2. The van der Waals surface area contributed by atoms with Gasteiger partial charge in [-0.05, 0) is 53.0 Å². The largest absolute Gasteiger partial charge is 0.353 e. The third kappa shape index (κ3) is 6.34. The zero-order chi connectivity index (χ0) is 19.8. The number of nitrogens with zero attached hydrogens (tertiary/aromatic N) is 1. The van der Waals surface area contributed by atoms with Crippen LogP contribution in [0.5, 0.6) is 0 Å². The van der Waals surface area contributed by atoms with Crippen molar-refractivity contribution < 1.29 is 9.59 Å². The Morgan fingerprint density at radius 2 is 1.89 bits per heavy atom. The number of pyridine rings is 1. The molecule has 1 aliphatic carbocycles. The maximum atomic E-state index is 12.6. The van der Waals surface area contributed by atoms with Gasteiger partial charge in [-0.2, -0.15) is 0 Å². The molecule has 1 saturated carbocycles. The minimum absolute atomic E-state index is 0.00826. The van der Waals surface area contributed by atoms with E-state index in [-0.39, 0.29) is 11.8 Å². The summed E-state index contributed by atoms with van der Waals surface area (Å²) in [6, 6.07) is 11.5. The monoisotopic (exact) mass is 461 g/mol. The molecule has 0 radical (unpaired) electrons. The van der Waals surface area contributed by atoms with Gasteiger partial charge in [-0.1, -0.05) is 43.2 Å². The van der Waals surface area contributed by atoms with Crippen LogP contribution in [0.15, 0.2) is 57.0 Å². The number of hydrogen-bond donors (Lipinski definition) is 2. The summed E-state index contributed by atoms with van der Waals surface area (Å²) in [5, 5.41) is 6.75. The molecule has 7 heteroatoms. The van der Waals surface area contributed by atoms with E-state index in [0.717, 1.165) is 27.2 Å². The van der Waals surface area contributed by atoms with Crippen molar-refractivity contribution >= 4 is 39.5 Å². The lowest BCUT2D eigenvalue weighted by Gasteiger charge is -2.22. The molecule has 1 aromatic carbocycles. The maximum Gasteiger partial charge on any atom is 0.252 e. The van der Waals surface area contributed by atoms with Crippen LogP contribution in [-0.2, 0) is 4.79 Å². The molecule has 3 rings (SSSR count). The second-order valence-corrected chi connectivity index (χ2v) is 8.80. The normalized spacial score (nSPS) is 14.5. The first kappa shape index (κ1) is 20.9. The lowest BCUT2D eigenvalue weighted by atomic mass is 9.95. The molecule has 1 heterocycles. The molecule has 2 aromatic rings. The Balaban J connectivity index is 1.51. The standard InChI is InChI=1S/C21H24BrN3O2S/c22-15-10-11-20(24-14-15)28-18-9-5-4-8-17(18)21(27)23-13-12-19(26)25-16-6-2-1-3-7-16/h4-5,8-11,14,16H,1-3,6-7,12-13H2,(H,23,27)(H,25,26). The molecule has 1 fully saturated rings. The summed E-state index contributed by atoms with van der Waals surface area (Å²) in [6.45, 7) is 0.326. The molecular weight excluding hydrogens is 438 g/mol. The van der Waals surface area contributed by atoms with Crippen LogP contribution >= 0.6 is 27.7 Å². The van der Waals surface area contributed by atoms with Gasteiger partial charge in [0, 0.05) is 34.6 Å². The number of benzene rings is 1. The predicted molar refractivity (Wildman–Crippen MR) is 114 cm³/mol. The molecule has 5 nitrogen and oxygen atoms in total. The number of aromatic nitrogens is 1. The van der Waals surface area contributed by atoms with E-state index in [1.165, 1.54) is 31.0 Å². The van der Waals surface area contributed by atoms with Gasteiger partial charge in [0.1, 0.15) is 5.03 Å². The first-order valence-electron chi connectivity index (χ1n) is 9.58. The lowest BCUT2D eigenvalue weighted by Crippen LogP contribution is -2.38. The van der Waals surface area contributed by atoms with Crippen LogP contribution in [0.1, 0.15) is 48.9 Å². The molecule has 148 valence electrons. The molecule has 0 unspecified atom stereocenters. The Hall–Kier alpha value is -1.86. The van der Waals surface area contributed by atoms with Gasteiger partial charge in [-0.25, -0.2) is 4.98 Å². The lowest BCUT2D eigenvalue weighted by molar-refractivity contribution is -0.121. The van der Waals surface area contributed by atoms with Gasteiger partial charge in [0.25, 0.3) is 5.91 Å². The summed E-state index contributed by atoms with van der Waals surface area (Å²) >= 11 is 4.81. The fourth-order valence-corrected chi connectivity index (χ4v) is 4.33. The van der Waals surface area contributed by atoms with E-state index in [0.29, 0.717) is 24.6 Å². The predicted octanol–water partition coefficient (Wildman–Crippen LogP) is 4.56. The molecule has 2 N–H and O–H groups in total. The van der Waals surface area contributed by atoms with Gasteiger partial charge in [0.15, 0.2) is 0 Å². The van der Waals surface area contributed by atoms with Crippen molar-refractivity contribution in [1.29, 1.82) is 0 Å². The van der Waals surface area contributed by atoms with E-state index >= 15 is 0 Å². The van der Waals surface area contributed by atoms with Gasteiger partial charge in [-0.15, -0.1) is 0 Å². The maximum absolute atomic E-state index is 12.6. The first-order chi connectivity index (χ1) is 13.6. The highest BCUT2D eigenvalue weighted by Crippen LogP contribution is 2.29. The molecule has 0 atom stereocenters. The molecule has 0 spiro atoms. The zero-order valence-electron chi connectivity index (χ0n) is 15.6. The molecule has 1 aliphatic rings. The van der Waals surface area contributed by atoms with Crippen LogP contribution in [0.3, 0.4) is 0 Å². The van der Waals surface area contributed by atoms with Gasteiger partial charge < -0.3 is 10.6 Å². The quantitative estimate of drug-likeness (QED) is 0.633. The van der Waals surface area contributed by atoms with Gasteiger partial charge >= 0.3 is 0 Å². The highest BCUT2D eigenvalue weighted by Gasteiger charge is 2.16. The SMILES string of the molecule is O=C(CCNC(=O)c1ccccc1Sc1ccc(Br)cn1)NC1CCCCC1. The summed E-state index contributed by atoms with van der Waals surface area (Å²) in [6.07, 6.45) is 7.78. The average Bonchev–Trinajstić information content (AvgIpc) is 2.71. The van der Waals surface area contributed by atoms with E-state index in [1.54, 1.807) is 12.3 Å². The van der Waals surface area contributed by atoms with Crippen LogP contribution in [0.4, 0.5) is 0 Å². The van der Waals surface area contributed by atoms with Crippen molar-refractivity contribution in [2.45, 2.75) is 54.5 Å². The Labute approximate surface area is 178 Å². The highest BCUT2D eigenvalue weighted by molar-refractivity contribution is 9.10. The summed E-state index contributed by atoms with van der Waals surface area (Å²) in [4.78, 5) is 29.9. The minimum Gasteiger partial charge on any atom is -0.353 e. The number of rotatable bonds is 7. The number of amides is 2.